The van der Waals surface area contributed by atoms with Crippen LogP contribution in [0, 0.1) is 0 Å². The minimum absolute atomic E-state index is 0.295. The smallest absolute Gasteiger partial charge is 0.349 e. The molecule has 0 aliphatic rings. The molecule has 1 unspecified atom stereocenters. The van der Waals surface area contributed by atoms with Gasteiger partial charge >= 0.3 is 5.97 Å². The summed E-state index contributed by atoms with van der Waals surface area (Å²) >= 11 is 0.527. The Morgan fingerprint density at radius 2 is 2.38 bits per heavy atom. The van der Waals surface area contributed by atoms with Crippen molar-refractivity contribution in [3.8, 4) is 0 Å². The number of carboxylic acid groups (broad SMARTS) is 1. The average molecular weight is 202 g/mol. The summed E-state index contributed by atoms with van der Waals surface area (Å²) in [5.74, 6) is -1.51. The number of nitrogens with two attached hydrogens (primary N) is 1. The fraction of sp³-hybridized carbons (Fsp3) is 0.143. The number of nitrogen functional groups attached to an aromatic ring is 1. The van der Waals surface area contributed by atoms with Gasteiger partial charge in [0.2, 0.25) is 5.50 Å². The number of thioether (sulfide) groups is 1. The molecule has 4 nitrogen and oxygen atoms in total. The molecule has 1 aromatic rings. The van der Waals surface area contributed by atoms with E-state index in [1.165, 1.54) is 18.3 Å². The van der Waals surface area contributed by atoms with Crippen LogP contribution >= 0.6 is 11.8 Å². The van der Waals surface area contributed by atoms with Gasteiger partial charge in [0.25, 0.3) is 0 Å². The van der Waals surface area contributed by atoms with E-state index in [-0.39, 0.29) is 0 Å². The van der Waals surface area contributed by atoms with Crippen LogP contribution in [0.15, 0.2) is 23.4 Å². The lowest BCUT2D eigenvalue weighted by Crippen LogP contribution is -2.09. The number of pyridine rings is 1. The maximum Gasteiger partial charge on any atom is 0.349 e. The summed E-state index contributed by atoms with van der Waals surface area (Å²) < 4.78 is 12.6. The average Bonchev–Trinajstić information content (AvgIpc) is 2.08. The molecule has 0 bridgehead atoms. The van der Waals surface area contributed by atoms with Gasteiger partial charge in [-0.2, -0.15) is 0 Å². The minimum Gasteiger partial charge on any atom is -0.478 e. The lowest BCUT2D eigenvalue weighted by molar-refractivity contribution is -0.139. The van der Waals surface area contributed by atoms with Crippen LogP contribution in [-0.2, 0) is 4.79 Å². The van der Waals surface area contributed by atoms with E-state index in [2.05, 4.69) is 4.98 Å². The number of hydrogen-bond acceptors (Lipinski definition) is 4. The number of hydrogen-bond donors (Lipinski definition) is 2. The summed E-state index contributed by atoms with van der Waals surface area (Å²) in [7, 11) is 0. The molecule has 1 heterocycles. The predicted molar refractivity (Wildman–Crippen MR) is 47.0 cm³/mol. The summed E-state index contributed by atoms with van der Waals surface area (Å²) in [6, 6.07) is 3.00. The van der Waals surface area contributed by atoms with Crippen LogP contribution in [0.25, 0.3) is 0 Å². The Kier molecular flexibility index (Phi) is 3.07. The third-order valence-corrected chi connectivity index (χ3v) is 2.07. The maximum absolute atomic E-state index is 12.6. The van der Waals surface area contributed by atoms with Gasteiger partial charge in [0, 0.05) is 0 Å². The normalized spacial score (nSPS) is 12.4. The molecule has 1 atom stereocenters. The highest BCUT2D eigenvalue weighted by Gasteiger charge is 2.17. The molecular weight excluding hydrogens is 195 g/mol. The molecule has 0 aromatic carbocycles. The van der Waals surface area contributed by atoms with Crippen LogP contribution in [0.5, 0.6) is 0 Å². The van der Waals surface area contributed by atoms with Gasteiger partial charge in [-0.3, -0.25) is 0 Å². The van der Waals surface area contributed by atoms with E-state index in [1.807, 2.05) is 0 Å². The first-order valence-corrected chi connectivity index (χ1v) is 4.22. The number of anilines is 1. The summed E-state index contributed by atoms with van der Waals surface area (Å²) in [6.45, 7) is 0. The highest BCUT2D eigenvalue weighted by atomic mass is 32.2. The topological polar surface area (TPSA) is 76.2 Å². The molecule has 1 aromatic heterocycles. The number of carboxylic acids is 1. The molecule has 6 heteroatoms. The van der Waals surface area contributed by atoms with Gasteiger partial charge in [-0.15, -0.1) is 0 Å². The predicted octanol–water partition coefficient (Wildman–Crippen LogP) is 1.14. The lowest BCUT2D eigenvalue weighted by Gasteiger charge is -2.01. The summed E-state index contributed by atoms with van der Waals surface area (Å²) in [5.41, 5.74) is 3.80. The first-order chi connectivity index (χ1) is 6.09. The SMILES string of the molecule is Nc1ccc(SC(F)C(=O)O)nc1. The molecule has 70 valence electrons. The van der Waals surface area contributed by atoms with Gasteiger partial charge in [0.15, 0.2) is 0 Å². The molecule has 0 fully saturated rings. The Balaban J connectivity index is 2.64. The van der Waals surface area contributed by atoms with Crippen molar-refractivity contribution >= 4 is 23.4 Å². The second-order valence-electron chi connectivity index (χ2n) is 2.20. The van der Waals surface area contributed by atoms with E-state index in [9.17, 15) is 9.18 Å². The number of rotatable bonds is 3. The second-order valence-corrected chi connectivity index (χ2v) is 3.27. The summed E-state index contributed by atoms with van der Waals surface area (Å²) in [4.78, 5) is 13.9. The van der Waals surface area contributed by atoms with Gasteiger partial charge in [0.05, 0.1) is 16.9 Å². The van der Waals surface area contributed by atoms with Crippen molar-refractivity contribution in [2.45, 2.75) is 10.5 Å². The second kappa shape index (κ2) is 4.08. The number of aliphatic carboxylic acids is 1. The minimum atomic E-state index is -1.99. The van der Waals surface area contributed by atoms with Crippen LogP contribution in [0.4, 0.5) is 10.1 Å². The number of alkyl halides is 1. The van der Waals surface area contributed by atoms with Crippen molar-refractivity contribution < 1.29 is 14.3 Å². The highest BCUT2D eigenvalue weighted by molar-refractivity contribution is 8.00. The zero-order valence-electron chi connectivity index (χ0n) is 6.48. The molecule has 0 saturated heterocycles. The molecule has 0 amide bonds. The van der Waals surface area contributed by atoms with E-state index in [0.29, 0.717) is 22.5 Å². The third-order valence-electron chi connectivity index (χ3n) is 1.18. The molecular formula is C7H7FN2O2S. The zero-order chi connectivity index (χ0) is 9.84. The number of halogens is 1. The van der Waals surface area contributed by atoms with E-state index >= 15 is 0 Å². The van der Waals surface area contributed by atoms with Crippen molar-refractivity contribution in [3.63, 3.8) is 0 Å². The van der Waals surface area contributed by atoms with E-state index < -0.39 is 11.5 Å². The molecule has 1 rings (SSSR count). The van der Waals surface area contributed by atoms with Crippen molar-refractivity contribution in [1.29, 1.82) is 0 Å². The van der Waals surface area contributed by atoms with Gasteiger partial charge < -0.3 is 10.8 Å². The van der Waals surface area contributed by atoms with Gasteiger partial charge in [-0.05, 0) is 12.1 Å². The first-order valence-electron chi connectivity index (χ1n) is 3.34. The van der Waals surface area contributed by atoms with Crippen molar-refractivity contribution in [2.75, 3.05) is 5.73 Å². The van der Waals surface area contributed by atoms with Crippen LogP contribution in [0.2, 0.25) is 0 Å². The summed E-state index contributed by atoms with van der Waals surface area (Å²) in [5, 5.41) is 8.55. The largest absolute Gasteiger partial charge is 0.478 e. The van der Waals surface area contributed by atoms with Crippen LogP contribution in [0.3, 0.4) is 0 Å². The Morgan fingerprint density at radius 3 is 2.85 bits per heavy atom. The number of aromatic nitrogens is 1. The Bertz CT molecular complexity index is 304. The number of carbonyl (C=O) groups is 1. The lowest BCUT2D eigenvalue weighted by atomic mass is 10.4. The molecule has 3 N–H and O–H groups in total. The molecule has 0 radical (unpaired) electrons. The quantitative estimate of drug-likeness (QED) is 0.718. The van der Waals surface area contributed by atoms with E-state index in [1.54, 1.807) is 0 Å². The van der Waals surface area contributed by atoms with Crippen molar-refractivity contribution in [1.82, 2.24) is 4.98 Å². The van der Waals surface area contributed by atoms with Crippen LogP contribution < -0.4 is 5.73 Å². The van der Waals surface area contributed by atoms with Gasteiger partial charge in [-0.1, -0.05) is 11.8 Å². The van der Waals surface area contributed by atoms with Gasteiger partial charge in [0.1, 0.15) is 0 Å². The Morgan fingerprint density at radius 1 is 1.69 bits per heavy atom. The van der Waals surface area contributed by atoms with Crippen LogP contribution in [0.1, 0.15) is 0 Å². The van der Waals surface area contributed by atoms with E-state index in [4.69, 9.17) is 10.8 Å². The zero-order valence-corrected chi connectivity index (χ0v) is 7.29. The highest BCUT2D eigenvalue weighted by Crippen LogP contribution is 2.22. The molecule has 0 aliphatic heterocycles. The fourth-order valence-corrected chi connectivity index (χ4v) is 1.19. The van der Waals surface area contributed by atoms with Gasteiger partial charge in [-0.25, -0.2) is 14.2 Å². The monoisotopic (exact) mass is 202 g/mol. The summed E-state index contributed by atoms with van der Waals surface area (Å²) in [6.07, 6.45) is 1.34. The molecule has 0 aliphatic carbocycles. The standard InChI is InChI=1S/C7H7FN2O2S/c8-6(7(11)12)13-5-2-1-4(9)3-10-5/h1-3,6H,9H2,(H,11,12). The van der Waals surface area contributed by atoms with Crippen LogP contribution in [-0.4, -0.2) is 21.6 Å². The Labute approximate surface area is 78.0 Å². The molecule has 13 heavy (non-hydrogen) atoms. The molecule has 0 spiro atoms. The van der Waals surface area contributed by atoms with Crippen molar-refractivity contribution in [3.05, 3.63) is 18.3 Å². The number of nitrogens with zero attached hydrogens (tertiary/aromatic N) is 1. The van der Waals surface area contributed by atoms with E-state index in [0.717, 1.165) is 0 Å². The maximum atomic E-state index is 12.6. The first kappa shape index (κ1) is 9.79. The Hall–Kier alpha value is -1.30. The molecule has 0 saturated carbocycles. The third kappa shape index (κ3) is 2.90. The van der Waals surface area contributed by atoms with Crippen molar-refractivity contribution in [2.24, 2.45) is 0 Å². The fourth-order valence-electron chi connectivity index (χ4n) is 0.618.